The van der Waals surface area contributed by atoms with E-state index in [-0.39, 0.29) is 23.0 Å². The molecule has 0 bridgehead atoms. The molecule has 26 heavy (non-hydrogen) atoms. The van der Waals surface area contributed by atoms with E-state index < -0.39 is 0 Å². The minimum Gasteiger partial charge on any atom is -0.504 e. The van der Waals surface area contributed by atoms with Gasteiger partial charge < -0.3 is 20.4 Å². The molecule has 130 valence electrons. The van der Waals surface area contributed by atoms with Crippen LogP contribution in [-0.4, -0.2) is 32.9 Å². The third-order valence-corrected chi connectivity index (χ3v) is 3.59. The zero-order chi connectivity index (χ0) is 18.5. The van der Waals surface area contributed by atoms with Crippen LogP contribution in [0.2, 0.25) is 0 Å². The van der Waals surface area contributed by atoms with Gasteiger partial charge >= 0.3 is 0 Å². The van der Waals surface area contributed by atoms with Crippen LogP contribution in [0.1, 0.15) is 11.1 Å². The van der Waals surface area contributed by atoms with Crippen LogP contribution in [0, 0.1) is 0 Å². The molecule has 0 aliphatic heterocycles. The number of aromatic hydroxyl groups is 4. The summed E-state index contributed by atoms with van der Waals surface area (Å²) in [4.78, 5) is 8.74. The summed E-state index contributed by atoms with van der Waals surface area (Å²) in [7, 11) is 0. The van der Waals surface area contributed by atoms with Gasteiger partial charge in [0, 0.05) is 12.4 Å². The van der Waals surface area contributed by atoms with E-state index in [9.17, 15) is 20.4 Å². The first kappa shape index (κ1) is 17.0. The largest absolute Gasteiger partial charge is 0.504 e. The molecule has 0 heterocycles. The van der Waals surface area contributed by atoms with E-state index in [1.165, 1.54) is 24.3 Å². The van der Waals surface area contributed by atoms with E-state index in [0.29, 0.717) is 22.5 Å². The van der Waals surface area contributed by atoms with E-state index in [1.54, 1.807) is 36.7 Å². The smallest absolute Gasteiger partial charge is 0.158 e. The third-order valence-electron chi connectivity index (χ3n) is 3.59. The Morgan fingerprint density at radius 2 is 0.962 bits per heavy atom. The molecular weight excluding hydrogens is 332 g/mol. The molecule has 0 saturated heterocycles. The summed E-state index contributed by atoms with van der Waals surface area (Å²) in [5.74, 6) is -0.812. The Hall–Kier alpha value is -3.80. The molecule has 0 saturated carbocycles. The van der Waals surface area contributed by atoms with E-state index in [4.69, 9.17) is 0 Å². The van der Waals surface area contributed by atoms with E-state index in [2.05, 4.69) is 9.98 Å². The normalized spacial score (nSPS) is 11.4. The lowest BCUT2D eigenvalue weighted by Gasteiger charge is -2.02. The van der Waals surface area contributed by atoms with Crippen molar-refractivity contribution >= 4 is 23.8 Å². The molecule has 6 heteroatoms. The lowest BCUT2D eigenvalue weighted by Crippen LogP contribution is -1.82. The molecule has 0 aliphatic carbocycles. The lowest BCUT2D eigenvalue weighted by atomic mass is 10.2. The van der Waals surface area contributed by atoms with Gasteiger partial charge in [0.2, 0.25) is 0 Å². The van der Waals surface area contributed by atoms with Gasteiger partial charge in [0.25, 0.3) is 0 Å². The minimum atomic E-state index is -0.215. The Morgan fingerprint density at radius 3 is 1.35 bits per heavy atom. The summed E-state index contributed by atoms with van der Waals surface area (Å²) < 4.78 is 0. The molecule has 0 aromatic heterocycles. The molecule has 0 atom stereocenters. The molecule has 6 nitrogen and oxygen atoms in total. The second-order valence-electron chi connectivity index (χ2n) is 5.50. The van der Waals surface area contributed by atoms with Crippen LogP contribution in [0.15, 0.2) is 70.6 Å². The average molecular weight is 348 g/mol. The van der Waals surface area contributed by atoms with Gasteiger partial charge in [0.1, 0.15) is 0 Å². The lowest BCUT2D eigenvalue weighted by molar-refractivity contribution is 0.403. The van der Waals surface area contributed by atoms with Crippen LogP contribution in [0.3, 0.4) is 0 Å². The molecule has 3 aromatic rings. The second-order valence-corrected chi connectivity index (χ2v) is 5.50. The number of para-hydroxylation sites is 2. The second kappa shape index (κ2) is 7.40. The van der Waals surface area contributed by atoms with Gasteiger partial charge in [-0.05, 0) is 59.7 Å². The van der Waals surface area contributed by atoms with Crippen molar-refractivity contribution in [2.24, 2.45) is 9.98 Å². The van der Waals surface area contributed by atoms with Crippen molar-refractivity contribution in [2.45, 2.75) is 0 Å². The molecule has 0 radical (unpaired) electrons. The number of rotatable bonds is 4. The monoisotopic (exact) mass is 348 g/mol. The summed E-state index contributed by atoms with van der Waals surface area (Å²) in [5, 5.41) is 37.7. The average Bonchev–Trinajstić information content (AvgIpc) is 2.64. The number of nitrogens with zero attached hydrogens (tertiary/aromatic N) is 2. The van der Waals surface area contributed by atoms with Gasteiger partial charge in [-0.25, -0.2) is 0 Å². The summed E-state index contributed by atoms with van der Waals surface area (Å²) in [6, 6.07) is 16.1. The van der Waals surface area contributed by atoms with Crippen LogP contribution in [0.25, 0.3) is 0 Å². The van der Waals surface area contributed by atoms with E-state index >= 15 is 0 Å². The van der Waals surface area contributed by atoms with Crippen molar-refractivity contribution in [1.29, 1.82) is 0 Å². The van der Waals surface area contributed by atoms with Gasteiger partial charge in [-0.1, -0.05) is 12.1 Å². The Labute approximate surface area is 149 Å². The Kier molecular flexibility index (Phi) is 4.85. The first-order chi connectivity index (χ1) is 12.5. The molecular formula is C20H16N2O4. The van der Waals surface area contributed by atoms with Crippen molar-refractivity contribution in [3.63, 3.8) is 0 Å². The quantitative estimate of drug-likeness (QED) is 0.422. The van der Waals surface area contributed by atoms with Crippen LogP contribution >= 0.6 is 0 Å². The maximum atomic E-state index is 9.53. The molecule has 3 rings (SSSR count). The van der Waals surface area contributed by atoms with Crippen molar-refractivity contribution in [1.82, 2.24) is 0 Å². The SMILES string of the molecule is Oc1ccc(C=Nc2ccccc2N=Cc2ccc(O)c(O)c2)cc1O. The molecule has 3 aromatic carbocycles. The van der Waals surface area contributed by atoms with Crippen molar-refractivity contribution in [3.8, 4) is 23.0 Å². The number of phenolic OH excluding ortho intramolecular Hbond substituents is 4. The molecule has 0 fully saturated rings. The van der Waals surface area contributed by atoms with Crippen LogP contribution < -0.4 is 0 Å². The Balaban J connectivity index is 1.85. The third kappa shape index (κ3) is 3.99. The highest BCUT2D eigenvalue weighted by Gasteiger charge is 2.02. The van der Waals surface area contributed by atoms with E-state index in [1.807, 2.05) is 12.1 Å². The number of aliphatic imine (C=N–C) groups is 2. The fourth-order valence-electron chi connectivity index (χ4n) is 2.21. The van der Waals surface area contributed by atoms with Gasteiger partial charge in [0.05, 0.1) is 11.4 Å². The molecule has 0 spiro atoms. The summed E-state index contributed by atoms with van der Waals surface area (Å²) >= 11 is 0. The topological polar surface area (TPSA) is 106 Å². The van der Waals surface area contributed by atoms with Crippen LogP contribution in [0.5, 0.6) is 23.0 Å². The number of phenols is 4. The predicted octanol–water partition coefficient (Wildman–Crippen LogP) is 4.01. The van der Waals surface area contributed by atoms with Crippen molar-refractivity contribution < 1.29 is 20.4 Å². The number of benzene rings is 3. The summed E-state index contributed by atoms with van der Waals surface area (Å²) in [6.07, 6.45) is 3.11. The maximum absolute atomic E-state index is 9.53. The number of hydrogen-bond donors (Lipinski definition) is 4. The highest BCUT2D eigenvalue weighted by molar-refractivity contribution is 5.87. The Morgan fingerprint density at radius 1 is 0.538 bits per heavy atom. The Bertz CT molecular complexity index is 916. The van der Waals surface area contributed by atoms with Gasteiger partial charge in [-0.2, -0.15) is 0 Å². The van der Waals surface area contributed by atoms with E-state index in [0.717, 1.165) is 0 Å². The highest BCUT2D eigenvalue weighted by Crippen LogP contribution is 2.29. The first-order valence-corrected chi connectivity index (χ1v) is 7.74. The summed E-state index contributed by atoms with van der Waals surface area (Å²) in [5.41, 5.74) is 2.48. The van der Waals surface area contributed by atoms with Crippen LogP contribution in [-0.2, 0) is 0 Å². The zero-order valence-corrected chi connectivity index (χ0v) is 13.6. The first-order valence-electron chi connectivity index (χ1n) is 7.74. The zero-order valence-electron chi connectivity index (χ0n) is 13.6. The fraction of sp³-hybridized carbons (Fsp3) is 0. The van der Waals surface area contributed by atoms with Gasteiger partial charge in [0.15, 0.2) is 23.0 Å². The molecule has 4 N–H and O–H groups in total. The minimum absolute atomic E-state index is 0.190. The predicted molar refractivity (Wildman–Crippen MR) is 100 cm³/mol. The molecule has 0 aliphatic rings. The van der Waals surface area contributed by atoms with Crippen molar-refractivity contribution in [3.05, 3.63) is 71.8 Å². The molecule has 0 amide bonds. The molecule has 0 unspecified atom stereocenters. The van der Waals surface area contributed by atoms with Gasteiger partial charge in [-0.3, -0.25) is 9.98 Å². The van der Waals surface area contributed by atoms with Gasteiger partial charge in [-0.15, -0.1) is 0 Å². The number of hydrogen-bond acceptors (Lipinski definition) is 6. The summed E-state index contributed by atoms with van der Waals surface area (Å²) in [6.45, 7) is 0. The fourth-order valence-corrected chi connectivity index (χ4v) is 2.21. The highest BCUT2D eigenvalue weighted by atomic mass is 16.3. The van der Waals surface area contributed by atoms with Crippen molar-refractivity contribution in [2.75, 3.05) is 0 Å². The maximum Gasteiger partial charge on any atom is 0.158 e. The van der Waals surface area contributed by atoms with Crippen LogP contribution in [0.4, 0.5) is 11.4 Å². The standard InChI is InChI=1S/C20H16N2O4/c23-17-7-5-13(9-19(17)25)11-21-15-3-1-2-4-16(15)22-12-14-6-8-18(24)20(26)10-14/h1-12,23-26H.